The molecule has 78 valence electrons. The van der Waals surface area contributed by atoms with Crippen LogP contribution in [0.4, 0.5) is 10.3 Å². The fraction of sp³-hybridized carbons (Fsp3) is 0.556. The van der Waals surface area contributed by atoms with Crippen LogP contribution in [-0.2, 0) is 0 Å². The van der Waals surface area contributed by atoms with Crippen LogP contribution in [0.15, 0.2) is 12.4 Å². The molecule has 1 aromatic rings. The molecule has 1 atom stereocenters. The van der Waals surface area contributed by atoms with Crippen LogP contribution in [0.25, 0.3) is 0 Å². The van der Waals surface area contributed by atoms with Crippen molar-refractivity contribution in [2.75, 3.05) is 11.9 Å². The van der Waals surface area contributed by atoms with Gasteiger partial charge in [0.2, 0.25) is 5.95 Å². The number of halogens is 1. The Kier molecular flexibility index (Phi) is 4.25. The van der Waals surface area contributed by atoms with Crippen LogP contribution >= 0.6 is 0 Å². The van der Waals surface area contributed by atoms with Crippen LogP contribution in [-0.4, -0.2) is 22.6 Å². The van der Waals surface area contributed by atoms with Gasteiger partial charge in [-0.25, -0.2) is 14.4 Å². The average molecular weight is 198 g/mol. The third-order valence-electron chi connectivity index (χ3n) is 1.94. The minimum atomic E-state index is -0.430. The first-order chi connectivity index (χ1) is 6.72. The first-order valence-electron chi connectivity index (χ1n) is 4.69. The van der Waals surface area contributed by atoms with E-state index in [4.69, 9.17) is 5.73 Å². The van der Waals surface area contributed by atoms with Crippen LogP contribution in [0, 0.1) is 5.82 Å². The summed E-state index contributed by atoms with van der Waals surface area (Å²) in [5.41, 5.74) is 5.72. The molecule has 0 aliphatic heterocycles. The molecule has 1 unspecified atom stereocenters. The van der Waals surface area contributed by atoms with Crippen molar-refractivity contribution >= 4 is 5.95 Å². The highest BCUT2D eigenvalue weighted by molar-refractivity contribution is 5.21. The summed E-state index contributed by atoms with van der Waals surface area (Å²) in [7, 11) is 0. The van der Waals surface area contributed by atoms with Crippen LogP contribution in [0.2, 0.25) is 0 Å². The van der Waals surface area contributed by atoms with E-state index in [9.17, 15) is 4.39 Å². The number of hydrogen-bond acceptors (Lipinski definition) is 4. The normalized spacial score (nSPS) is 12.5. The smallest absolute Gasteiger partial charge is 0.222 e. The molecule has 0 aromatic carbocycles. The molecule has 0 fully saturated rings. The summed E-state index contributed by atoms with van der Waals surface area (Å²) >= 11 is 0. The second kappa shape index (κ2) is 5.49. The monoisotopic (exact) mass is 198 g/mol. The van der Waals surface area contributed by atoms with Crippen molar-refractivity contribution in [1.29, 1.82) is 0 Å². The second-order valence-electron chi connectivity index (χ2n) is 3.11. The second-order valence-corrected chi connectivity index (χ2v) is 3.11. The third-order valence-corrected chi connectivity index (χ3v) is 1.94. The number of nitrogens with two attached hydrogens (primary N) is 1. The topological polar surface area (TPSA) is 63.8 Å². The Labute approximate surface area is 82.8 Å². The molecule has 3 N–H and O–H groups in total. The van der Waals surface area contributed by atoms with Gasteiger partial charge in [0.05, 0.1) is 12.4 Å². The van der Waals surface area contributed by atoms with Crippen molar-refractivity contribution in [2.45, 2.75) is 25.8 Å². The zero-order chi connectivity index (χ0) is 10.4. The molecular weight excluding hydrogens is 183 g/mol. The molecule has 0 amide bonds. The van der Waals surface area contributed by atoms with Gasteiger partial charge in [-0.1, -0.05) is 6.92 Å². The average Bonchev–Trinajstić information content (AvgIpc) is 2.21. The largest absolute Gasteiger partial charge is 0.354 e. The number of nitrogens with one attached hydrogen (secondary N) is 1. The summed E-state index contributed by atoms with van der Waals surface area (Å²) in [5.74, 6) is 0.00973. The number of aromatic nitrogens is 2. The van der Waals surface area contributed by atoms with E-state index in [1.54, 1.807) is 0 Å². The van der Waals surface area contributed by atoms with E-state index < -0.39 is 5.82 Å². The first-order valence-corrected chi connectivity index (χ1v) is 4.69. The first kappa shape index (κ1) is 10.8. The summed E-state index contributed by atoms with van der Waals surface area (Å²) in [6.45, 7) is 2.75. The molecule has 0 bridgehead atoms. The Morgan fingerprint density at radius 1 is 1.50 bits per heavy atom. The maximum Gasteiger partial charge on any atom is 0.222 e. The number of rotatable bonds is 5. The third kappa shape index (κ3) is 3.66. The molecule has 4 nitrogen and oxygen atoms in total. The van der Waals surface area contributed by atoms with Gasteiger partial charge < -0.3 is 11.1 Å². The number of anilines is 1. The lowest BCUT2D eigenvalue weighted by atomic mass is 10.2. The molecule has 5 heteroatoms. The van der Waals surface area contributed by atoms with Gasteiger partial charge in [-0.2, -0.15) is 0 Å². The van der Waals surface area contributed by atoms with Crippen LogP contribution in [0.1, 0.15) is 19.8 Å². The van der Waals surface area contributed by atoms with Gasteiger partial charge in [0.1, 0.15) is 0 Å². The van der Waals surface area contributed by atoms with E-state index in [0.717, 1.165) is 25.2 Å². The molecule has 0 radical (unpaired) electrons. The van der Waals surface area contributed by atoms with Gasteiger partial charge in [0.15, 0.2) is 5.82 Å². The molecule has 0 aliphatic carbocycles. The fourth-order valence-corrected chi connectivity index (χ4v) is 0.977. The Hall–Kier alpha value is -1.23. The lowest BCUT2D eigenvalue weighted by Crippen LogP contribution is -2.22. The van der Waals surface area contributed by atoms with Crippen molar-refractivity contribution in [3.8, 4) is 0 Å². The maximum absolute atomic E-state index is 12.4. The zero-order valence-electron chi connectivity index (χ0n) is 8.20. The Bertz CT molecular complexity index is 262. The van der Waals surface area contributed by atoms with Crippen LogP contribution < -0.4 is 11.1 Å². The van der Waals surface area contributed by atoms with E-state index in [1.807, 2.05) is 6.92 Å². The van der Waals surface area contributed by atoms with Crippen molar-refractivity contribution < 1.29 is 4.39 Å². The minimum Gasteiger partial charge on any atom is -0.354 e. The predicted molar refractivity (Wildman–Crippen MR) is 53.4 cm³/mol. The van der Waals surface area contributed by atoms with Crippen LogP contribution in [0.5, 0.6) is 0 Å². The quantitative estimate of drug-likeness (QED) is 0.745. The van der Waals surface area contributed by atoms with Crippen LogP contribution in [0.3, 0.4) is 0 Å². The van der Waals surface area contributed by atoms with Gasteiger partial charge in [-0.15, -0.1) is 0 Å². The van der Waals surface area contributed by atoms with E-state index in [-0.39, 0.29) is 6.04 Å². The van der Waals surface area contributed by atoms with Gasteiger partial charge >= 0.3 is 0 Å². The van der Waals surface area contributed by atoms with E-state index in [1.165, 1.54) is 0 Å². The highest BCUT2D eigenvalue weighted by Gasteiger charge is 1.99. The van der Waals surface area contributed by atoms with E-state index in [0.29, 0.717) is 12.5 Å². The zero-order valence-corrected chi connectivity index (χ0v) is 8.20. The summed E-state index contributed by atoms with van der Waals surface area (Å²) in [4.78, 5) is 7.53. The van der Waals surface area contributed by atoms with Crippen molar-refractivity contribution in [3.05, 3.63) is 18.2 Å². The SMILES string of the molecule is CCC(N)CCNc1ncc(F)cn1. The predicted octanol–water partition coefficient (Wildman–Crippen LogP) is 1.15. The van der Waals surface area contributed by atoms with E-state index in [2.05, 4.69) is 15.3 Å². The highest BCUT2D eigenvalue weighted by Crippen LogP contribution is 1.99. The number of nitrogens with zero attached hydrogens (tertiary/aromatic N) is 2. The summed E-state index contributed by atoms with van der Waals surface area (Å²) < 4.78 is 12.4. The summed E-state index contributed by atoms with van der Waals surface area (Å²) in [6.07, 6.45) is 4.08. The van der Waals surface area contributed by atoms with Gasteiger partial charge in [-0.05, 0) is 12.8 Å². The summed E-state index contributed by atoms with van der Waals surface area (Å²) in [5, 5.41) is 2.97. The Balaban J connectivity index is 2.28. The van der Waals surface area contributed by atoms with Crippen molar-refractivity contribution in [2.24, 2.45) is 5.73 Å². The summed E-state index contributed by atoms with van der Waals surface area (Å²) in [6, 6.07) is 0.197. The van der Waals surface area contributed by atoms with E-state index >= 15 is 0 Å². The Morgan fingerprint density at radius 3 is 2.71 bits per heavy atom. The highest BCUT2D eigenvalue weighted by atomic mass is 19.1. The molecule has 1 aromatic heterocycles. The van der Waals surface area contributed by atoms with Gasteiger partial charge in [0.25, 0.3) is 0 Å². The lowest BCUT2D eigenvalue weighted by molar-refractivity contribution is 0.606. The molecule has 0 spiro atoms. The molecular formula is C9H15FN4. The molecule has 1 heterocycles. The van der Waals surface area contributed by atoms with Gasteiger partial charge in [0, 0.05) is 12.6 Å². The maximum atomic E-state index is 12.4. The van der Waals surface area contributed by atoms with Crippen molar-refractivity contribution in [3.63, 3.8) is 0 Å². The molecule has 0 saturated carbocycles. The van der Waals surface area contributed by atoms with Crippen molar-refractivity contribution in [1.82, 2.24) is 9.97 Å². The number of hydrogen-bond donors (Lipinski definition) is 2. The lowest BCUT2D eigenvalue weighted by Gasteiger charge is -2.08. The Morgan fingerprint density at radius 2 is 2.14 bits per heavy atom. The minimum absolute atomic E-state index is 0.197. The molecule has 14 heavy (non-hydrogen) atoms. The molecule has 1 rings (SSSR count). The molecule has 0 aliphatic rings. The fourth-order valence-electron chi connectivity index (χ4n) is 0.977. The standard InChI is InChI=1S/C9H15FN4/c1-2-8(11)3-4-12-9-13-5-7(10)6-14-9/h5-6,8H,2-4,11H2,1H3,(H,12,13,14). The molecule has 0 saturated heterocycles. The van der Waals surface area contributed by atoms with Gasteiger partial charge in [-0.3, -0.25) is 0 Å².